The van der Waals surface area contributed by atoms with Gasteiger partial charge in [0.2, 0.25) is 0 Å². The highest BCUT2D eigenvalue weighted by Gasteiger charge is 2.42. The molecule has 0 spiro atoms. The van der Waals surface area contributed by atoms with Crippen LogP contribution in [-0.2, 0) is 6.18 Å². The first-order chi connectivity index (χ1) is 14.3. The molecular weight excluding hydrogens is 427 g/mol. The minimum atomic E-state index is -4.93. The number of benzene rings is 2. The molecule has 158 valence electrons. The summed E-state index contributed by atoms with van der Waals surface area (Å²) in [4.78, 5) is 13.1. The third kappa shape index (κ3) is 5.35. The number of hydrogen-bond acceptors (Lipinski definition) is 4. The van der Waals surface area contributed by atoms with Crippen molar-refractivity contribution in [1.29, 1.82) is 0 Å². The highest BCUT2D eigenvalue weighted by atomic mass is 32.2. The standard InChI is InChI=1S/C19H15F5N4OS/c20-12-5-7-15(8-6-12)30-10-2-9-25-18(29)16-17(19(22,23)24)28(27-26-16)14-4-1-3-13(21)11-14/h1,3-8,11H,2,9-10H2,(H,25,29). The number of rotatable bonds is 7. The molecule has 0 fully saturated rings. The fourth-order valence-electron chi connectivity index (χ4n) is 2.56. The van der Waals surface area contributed by atoms with Crippen molar-refractivity contribution in [3.05, 3.63) is 71.6 Å². The fraction of sp³-hybridized carbons (Fsp3) is 0.211. The predicted octanol–water partition coefficient (Wildman–Crippen LogP) is 4.48. The largest absolute Gasteiger partial charge is 0.435 e. The number of carbonyl (C=O) groups is 1. The van der Waals surface area contributed by atoms with Gasteiger partial charge in [-0.05, 0) is 54.6 Å². The smallest absolute Gasteiger partial charge is 0.351 e. The van der Waals surface area contributed by atoms with E-state index in [9.17, 15) is 26.7 Å². The number of thioether (sulfide) groups is 1. The Kier molecular flexibility index (Phi) is 6.70. The van der Waals surface area contributed by atoms with Crippen LogP contribution in [0.15, 0.2) is 53.4 Å². The molecule has 2 aromatic carbocycles. The summed E-state index contributed by atoms with van der Waals surface area (Å²) in [6.45, 7) is 0.108. The molecule has 1 aromatic heterocycles. The third-order valence-electron chi connectivity index (χ3n) is 3.90. The van der Waals surface area contributed by atoms with Gasteiger partial charge in [0.1, 0.15) is 11.6 Å². The molecule has 3 aromatic rings. The molecule has 0 saturated carbocycles. The molecule has 11 heteroatoms. The van der Waals surface area contributed by atoms with E-state index in [1.54, 1.807) is 12.1 Å². The summed E-state index contributed by atoms with van der Waals surface area (Å²) in [7, 11) is 0. The van der Waals surface area contributed by atoms with Gasteiger partial charge in [-0.15, -0.1) is 16.9 Å². The van der Waals surface area contributed by atoms with Crippen molar-refractivity contribution in [2.75, 3.05) is 12.3 Å². The van der Waals surface area contributed by atoms with Gasteiger partial charge in [-0.25, -0.2) is 13.5 Å². The summed E-state index contributed by atoms with van der Waals surface area (Å²) in [6, 6.07) is 10.3. The summed E-state index contributed by atoms with van der Waals surface area (Å²) >= 11 is 1.42. The van der Waals surface area contributed by atoms with Gasteiger partial charge < -0.3 is 5.32 Å². The van der Waals surface area contributed by atoms with Gasteiger partial charge >= 0.3 is 6.18 Å². The maximum atomic E-state index is 13.5. The molecule has 3 rings (SSSR count). The lowest BCUT2D eigenvalue weighted by molar-refractivity contribution is -0.143. The number of halogens is 5. The van der Waals surface area contributed by atoms with Crippen LogP contribution in [0, 0.1) is 11.6 Å². The lowest BCUT2D eigenvalue weighted by Crippen LogP contribution is -2.28. The van der Waals surface area contributed by atoms with E-state index in [4.69, 9.17) is 0 Å². The molecule has 0 aliphatic carbocycles. The molecule has 30 heavy (non-hydrogen) atoms. The van der Waals surface area contributed by atoms with Crippen LogP contribution in [0.25, 0.3) is 5.69 Å². The zero-order chi connectivity index (χ0) is 21.7. The van der Waals surface area contributed by atoms with Gasteiger partial charge in [-0.2, -0.15) is 13.2 Å². The Morgan fingerprint density at radius 2 is 1.80 bits per heavy atom. The van der Waals surface area contributed by atoms with Crippen molar-refractivity contribution in [1.82, 2.24) is 20.3 Å². The normalized spacial score (nSPS) is 11.5. The van der Waals surface area contributed by atoms with Gasteiger partial charge in [0.25, 0.3) is 5.91 Å². The topological polar surface area (TPSA) is 59.8 Å². The second kappa shape index (κ2) is 9.24. The van der Waals surface area contributed by atoms with E-state index in [-0.39, 0.29) is 18.0 Å². The van der Waals surface area contributed by atoms with E-state index in [2.05, 4.69) is 15.6 Å². The molecule has 1 amide bonds. The summed E-state index contributed by atoms with van der Waals surface area (Å²) in [6.07, 6.45) is -4.46. The van der Waals surface area contributed by atoms with Crippen LogP contribution < -0.4 is 5.32 Å². The fourth-order valence-corrected chi connectivity index (χ4v) is 3.41. The zero-order valence-corrected chi connectivity index (χ0v) is 16.1. The maximum absolute atomic E-state index is 13.5. The van der Waals surface area contributed by atoms with Crippen molar-refractivity contribution >= 4 is 17.7 Å². The lowest BCUT2D eigenvalue weighted by Gasteiger charge is -2.11. The van der Waals surface area contributed by atoms with E-state index in [0.29, 0.717) is 16.9 Å². The van der Waals surface area contributed by atoms with Gasteiger partial charge in [0.15, 0.2) is 11.4 Å². The van der Waals surface area contributed by atoms with E-state index in [1.807, 2.05) is 0 Å². The Bertz CT molecular complexity index is 1020. The Balaban J connectivity index is 1.64. The first-order valence-corrected chi connectivity index (χ1v) is 9.69. The van der Waals surface area contributed by atoms with Crippen LogP contribution in [0.1, 0.15) is 22.6 Å². The SMILES string of the molecule is O=C(NCCCSc1ccc(F)cc1)c1nnn(-c2cccc(F)c2)c1C(F)(F)F. The molecule has 0 aliphatic heterocycles. The van der Waals surface area contributed by atoms with Gasteiger partial charge in [0.05, 0.1) is 5.69 Å². The van der Waals surface area contributed by atoms with E-state index < -0.39 is 29.3 Å². The molecule has 0 saturated heterocycles. The van der Waals surface area contributed by atoms with Crippen molar-refractivity contribution in [2.24, 2.45) is 0 Å². The Labute approximate surface area is 172 Å². The molecule has 0 radical (unpaired) electrons. The monoisotopic (exact) mass is 442 g/mol. The van der Waals surface area contributed by atoms with Crippen LogP contribution in [0.4, 0.5) is 22.0 Å². The molecule has 0 aliphatic rings. The summed E-state index contributed by atoms with van der Waals surface area (Å²) in [5.41, 5.74) is -2.48. The van der Waals surface area contributed by atoms with Crippen LogP contribution in [0.3, 0.4) is 0 Å². The van der Waals surface area contributed by atoms with Crippen molar-refractivity contribution in [3.8, 4) is 5.69 Å². The second-order valence-corrected chi connectivity index (χ2v) is 7.26. The number of amides is 1. The first-order valence-electron chi connectivity index (χ1n) is 8.71. The summed E-state index contributed by atoms with van der Waals surface area (Å²) in [5, 5.41) is 9.13. The van der Waals surface area contributed by atoms with E-state index in [1.165, 1.54) is 36.0 Å². The molecule has 5 nitrogen and oxygen atoms in total. The Morgan fingerprint density at radius 3 is 2.47 bits per heavy atom. The quantitative estimate of drug-likeness (QED) is 0.333. The van der Waals surface area contributed by atoms with Crippen LogP contribution in [0.5, 0.6) is 0 Å². The second-order valence-electron chi connectivity index (χ2n) is 6.09. The van der Waals surface area contributed by atoms with Crippen LogP contribution >= 0.6 is 11.8 Å². The predicted molar refractivity (Wildman–Crippen MR) is 100 cm³/mol. The van der Waals surface area contributed by atoms with E-state index >= 15 is 0 Å². The Hall–Kier alpha value is -2.95. The molecule has 1 N–H and O–H groups in total. The van der Waals surface area contributed by atoms with Crippen molar-refractivity contribution in [2.45, 2.75) is 17.5 Å². The molecule has 1 heterocycles. The number of nitrogens with zero attached hydrogens (tertiary/aromatic N) is 3. The lowest BCUT2D eigenvalue weighted by atomic mass is 10.2. The summed E-state index contributed by atoms with van der Waals surface area (Å²) < 4.78 is 67.3. The maximum Gasteiger partial charge on any atom is 0.435 e. The van der Waals surface area contributed by atoms with E-state index in [0.717, 1.165) is 17.0 Å². The first kappa shape index (κ1) is 21.8. The van der Waals surface area contributed by atoms with Crippen molar-refractivity contribution < 1.29 is 26.7 Å². The van der Waals surface area contributed by atoms with Crippen LogP contribution in [0.2, 0.25) is 0 Å². The molecule has 0 bridgehead atoms. The number of nitrogens with one attached hydrogen (secondary N) is 1. The van der Waals surface area contributed by atoms with Gasteiger partial charge in [0, 0.05) is 11.4 Å². The Morgan fingerprint density at radius 1 is 1.07 bits per heavy atom. The minimum absolute atomic E-state index is 0.108. The van der Waals surface area contributed by atoms with Gasteiger partial charge in [-0.1, -0.05) is 11.3 Å². The van der Waals surface area contributed by atoms with Gasteiger partial charge in [-0.3, -0.25) is 4.79 Å². The number of alkyl halides is 3. The average Bonchev–Trinajstić information content (AvgIpc) is 3.15. The zero-order valence-electron chi connectivity index (χ0n) is 15.3. The third-order valence-corrected chi connectivity index (χ3v) is 4.99. The number of carbonyl (C=O) groups excluding carboxylic acids is 1. The minimum Gasteiger partial charge on any atom is -0.351 e. The summed E-state index contributed by atoms with van der Waals surface area (Å²) in [5.74, 6) is -1.57. The van der Waals surface area contributed by atoms with Crippen LogP contribution in [-0.4, -0.2) is 33.2 Å². The average molecular weight is 442 g/mol. The molecular formula is C19H15F5N4OS. The molecule has 0 unspecified atom stereocenters. The number of hydrogen-bond donors (Lipinski definition) is 1. The highest BCUT2D eigenvalue weighted by molar-refractivity contribution is 7.99. The van der Waals surface area contributed by atoms with Crippen molar-refractivity contribution in [3.63, 3.8) is 0 Å². The highest BCUT2D eigenvalue weighted by Crippen LogP contribution is 2.32. The molecule has 0 atom stereocenters. The number of aromatic nitrogens is 3.